The first-order valence-corrected chi connectivity index (χ1v) is 4.87. The molecule has 1 aliphatic rings. The van der Waals surface area contributed by atoms with E-state index in [-0.39, 0.29) is 17.7 Å². The van der Waals surface area contributed by atoms with Crippen LogP contribution in [0.25, 0.3) is 0 Å². The number of nitrogens with zero attached hydrogens (tertiary/aromatic N) is 1. The fraction of sp³-hybridized carbons (Fsp3) is 0.273. The summed E-state index contributed by atoms with van der Waals surface area (Å²) in [5.41, 5.74) is 6.39. The molecule has 15 heavy (non-hydrogen) atoms. The molecular formula is C11H12N2O2. The minimum absolute atomic E-state index is 0.0392. The molecule has 1 aromatic rings. The number of benzene rings is 1. The van der Waals surface area contributed by atoms with Crippen molar-refractivity contribution in [1.29, 1.82) is 0 Å². The summed E-state index contributed by atoms with van der Waals surface area (Å²) in [6, 6.07) is 9.20. The summed E-state index contributed by atoms with van der Waals surface area (Å²) in [6.45, 7) is 0. The lowest BCUT2D eigenvalue weighted by Crippen LogP contribution is -2.15. The van der Waals surface area contributed by atoms with Crippen LogP contribution in [0.3, 0.4) is 0 Å². The van der Waals surface area contributed by atoms with Crippen molar-refractivity contribution >= 4 is 11.8 Å². The van der Waals surface area contributed by atoms with Gasteiger partial charge >= 0.3 is 5.97 Å². The van der Waals surface area contributed by atoms with E-state index in [2.05, 4.69) is 5.16 Å². The first-order valence-electron chi connectivity index (χ1n) is 4.87. The summed E-state index contributed by atoms with van der Waals surface area (Å²) >= 11 is 0. The highest BCUT2D eigenvalue weighted by molar-refractivity contribution is 5.97. The fourth-order valence-corrected chi connectivity index (χ4v) is 1.15. The second kappa shape index (κ2) is 4.13. The molecule has 0 aliphatic heterocycles. The summed E-state index contributed by atoms with van der Waals surface area (Å²) in [5, 5.41) is 3.60. The zero-order chi connectivity index (χ0) is 10.7. The lowest BCUT2D eigenvalue weighted by atomic mass is 10.2. The number of carbonyl (C=O) groups excluding carboxylic acids is 1. The average Bonchev–Trinajstić information content (AvgIpc) is 3.10. The lowest BCUT2D eigenvalue weighted by Gasteiger charge is -1.99. The first kappa shape index (κ1) is 9.71. The third-order valence-electron chi connectivity index (χ3n) is 2.21. The fourth-order valence-electron chi connectivity index (χ4n) is 1.15. The van der Waals surface area contributed by atoms with Gasteiger partial charge in [-0.05, 0) is 12.8 Å². The lowest BCUT2D eigenvalue weighted by molar-refractivity contribution is -0.145. The largest absolute Gasteiger partial charge is 0.380 e. The van der Waals surface area contributed by atoms with E-state index in [0.29, 0.717) is 0 Å². The van der Waals surface area contributed by atoms with E-state index in [1.54, 1.807) is 0 Å². The molecule has 0 heterocycles. The van der Waals surface area contributed by atoms with Crippen molar-refractivity contribution in [2.45, 2.75) is 12.8 Å². The summed E-state index contributed by atoms with van der Waals surface area (Å²) < 4.78 is 0. The van der Waals surface area contributed by atoms with Crippen LogP contribution in [-0.2, 0) is 9.63 Å². The Morgan fingerprint density at radius 2 is 2.00 bits per heavy atom. The number of rotatable bonds is 3. The normalized spacial score (nSPS) is 16.1. The molecule has 78 valence electrons. The summed E-state index contributed by atoms with van der Waals surface area (Å²) in [5.74, 6) is -0.0178. The van der Waals surface area contributed by atoms with Crippen LogP contribution >= 0.6 is 0 Å². The van der Waals surface area contributed by atoms with Crippen LogP contribution in [0.15, 0.2) is 35.5 Å². The van der Waals surface area contributed by atoms with Crippen molar-refractivity contribution in [2.24, 2.45) is 16.8 Å². The van der Waals surface area contributed by atoms with Gasteiger partial charge in [0.25, 0.3) is 0 Å². The van der Waals surface area contributed by atoms with Gasteiger partial charge in [-0.25, -0.2) is 4.79 Å². The van der Waals surface area contributed by atoms with Gasteiger partial charge in [-0.1, -0.05) is 35.5 Å². The molecular weight excluding hydrogens is 192 g/mol. The molecule has 2 N–H and O–H groups in total. The number of carbonyl (C=O) groups is 1. The van der Waals surface area contributed by atoms with Gasteiger partial charge in [0.2, 0.25) is 0 Å². The second-order valence-corrected chi connectivity index (χ2v) is 3.53. The predicted octanol–water partition coefficient (Wildman–Crippen LogP) is 1.26. The second-order valence-electron chi connectivity index (χ2n) is 3.53. The van der Waals surface area contributed by atoms with Gasteiger partial charge in [-0.2, -0.15) is 0 Å². The van der Waals surface area contributed by atoms with Gasteiger partial charge in [-0.3, -0.25) is 0 Å². The Balaban J connectivity index is 1.97. The highest BCUT2D eigenvalue weighted by Crippen LogP contribution is 2.30. The van der Waals surface area contributed by atoms with E-state index in [1.807, 2.05) is 30.3 Å². The van der Waals surface area contributed by atoms with Crippen LogP contribution in [0, 0.1) is 5.92 Å². The summed E-state index contributed by atoms with van der Waals surface area (Å²) in [7, 11) is 0. The highest BCUT2D eigenvalue weighted by atomic mass is 16.7. The smallest absolute Gasteiger partial charge is 0.338 e. The van der Waals surface area contributed by atoms with Crippen LogP contribution in [0.2, 0.25) is 0 Å². The third kappa shape index (κ3) is 2.56. The van der Waals surface area contributed by atoms with Crippen molar-refractivity contribution in [3.05, 3.63) is 35.9 Å². The quantitative estimate of drug-likeness (QED) is 0.349. The molecule has 0 atom stereocenters. The molecule has 4 heteroatoms. The zero-order valence-electron chi connectivity index (χ0n) is 8.22. The van der Waals surface area contributed by atoms with Crippen molar-refractivity contribution in [1.82, 2.24) is 0 Å². The number of hydrogen-bond acceptors (Lipinski definition) is 3. The summed E-state index contributed by atoms with van der Waals surface area (Å²) in [6.07, 6.45) is 1.80. The summed E-state index contributed by atoms with van der Waals surface area (Å²) in [4.78, 5) is 15.9. The van der Waals surface area contributed by atoms with E-state index in [0.717, 1.165) is 18.4 Å². The number of hydrogen-bond donors (Lipinski definition) is 1. The van der Waals surface area contributed by atoms with Crippen LogP contribution in [0.5, 0.6) is 0 Å². The standard InChI is InChI=1S/C11H12N2O2/c12-10(8-4-2-1-3-5-8)13-15-11(14)9-6-7-9/h1-5,9H,6-7H2,(H2,12,13). The number of oxime groups is 1. The Labute approximate surface area is 87.7 Å². The van der Waals surface area contributed by atoms with Crippen LogP contribution in [0.1, 0.15) is 18.4 Å². The molecule has 0 spiro atoms. The Hall–Kier alpha value is -1.84. The highest BCUT2D eigenvalue weighted by Gasteiger charge is 2.31. The molecule has 1 saturated carbocycles. The minimum atomic E-state index is -0.283. The van der Waals surface area contributed by atoms with Crippen molar-refractivity contribution in [3.8, 4) is 0 Å². The van der Waals surface area contributed by atoms with Crippen molar-refractivity contribution < 1.29 is 9.63 Å². The Bertz CT molecular complexity index is 383. The van der Waals surface area contributed by atoms with Gasteiger partial charge in [0.05, 0.1) is 5.92 Å². The Kier molecular flexibility index (Phi) is 2.67. The van der Waals surface area contributed by atoms with Gasteiger partial charge in [0.1, 0.15) is 0 Å². The third-order valence-corrected chi connectivity index (χ3v) is 2.21. The van der Waals surface area contributed by atoms with Crippen molar-refractivity contribution in [2.75, 3.05) is 0 Å². The molecule has 2 rings (SSSR count). The van der Waals surface area contributed by atoms with Crippen LogP contribution in [-0.4, -0.2) is 11.8 Å². The maximum absolute atomic E-state index is 11.2. The van der Waals surface area contributed by atoms with Gasteiger partial charge in [0.15, 0.2) is 5.84 Å². The molecule has 1 aliphatic carbocycles. The maximum Gasteiger partial charge on any atom is 0.338 e. The molecule has 0 saturated heterocycles. The minimum Gasteiger partial charge on any atom is -0.380 e. The van der Waals surface area contributed by atoms with E-state index < -0.39 is 0 Å². The Morgan fingerprint density at radius 3 is 2.60 bits per heavy atom. The number of amidine groups is 1. The molecule has 0 radical (unpaired) electrons. The van der Waals surface area contributed by atoms with E-state index in [1.165, 1.54) is 0 Å². The van der Waals surface area contributed by atoms with Gasteiger partial charge in [-0.15, -0.1) is 0 Å². The van der Waals surface area contributed by atoms with Crippen LogP contribution < -0.4 is 5.73 Å². The molecule has 1 aromatic carbocycles. The predicted molar refractivity (Wildman–Crippen MR) is 56.0 cm³/mol. The van der Waals surface area contributed by atoms with Crippen molar-refractivity contribution in [3.63, 3.8) is 0 Å². The van der Waals surface area contributed by atoms with E-state index >= 15 is 0 Å². The van der Waals surface area contributed by atoms with E-state index in [4.69, 9.17) is 10.6 Å². The van der Waals surface area contributed by atoms with Gasteiger partial charge in [0, 0.05) is 5.56 Å². The Morgan fingerprint density at radius 1 is 1.33 bits per heavy atom. The zero-order valence-corrected chi connectivity index (χ0v) is 8.22. The number of nitrogens with two attached hydrogens (primary N) is 1. The van der Waals surface area contributed by atoms with Gasteiger partial charge < -0.3 is 10.6 Å². The molecule has 1 fully saturated rings. The topological polar surface area (TPSA) is 64.7 Å². The SMILES string of the molecule is N/C(=N\OC(=O)C1CC1)c1ccccc1. The molecule has 0 amide bonds. The molecule has 4 nitrogen and oxygen atoms in total. The molecule has 0 bridgehead atoms. The molecule has 0 unspecified atom stereocenters. The van der Waals surface area contributed by atoms with Crippen LogP contribution in [0.4, 0.5) is 0 Å². The monoisotopic (exact) mass is 204 g/mol. The average molecular weight is 204 g/mol. The maximum atomic E-state index is 11.2. The first-order chi connectivity index (χ1) is 7.27. The van der Waals surface area contributed by atoms with E-state index in [9.17, 15) is 4.79 Å². The molecule has 0 aromatic heterocycles.